The van der Waals surface area contributed by atoms with Gasteiger partial charge < -0.3 is 15.1 Å². The van der Waals surface area contributed by atoms with Gasteiger partial charge in [0.05, 0.1) is 10.6 Å². The first-order valence-electron chi connectivity index (χ1n) is 11.1. The molecule has 0 spiro atoms. The van der Waals surface area contributed by atoms with Gasteiger partial charge in [0.1, 0.15) is 5.69 Å². The van der Waals surface area contributed by atoms with E-state index in [9.17, 15) is 19.7 Å². The molecule has 1 aliphatic heterocycles. The maximum absolute atomic E-state index is 12.8. The van der Waals surface area contributed by atoms with Crippen LogP contribution in [0.25, 0.3) is 11.3 Å². The monoisotopic (exact) mass is 494 g/mol. The van der Waals surface area contributed by atoms with Gasteiger partial charge in [-0.25, -0.2) is 4.98 Å². The van der Waals surface area contributed by atoms with Gasteiger partial charge in [-0.3, -0.25) is 25.0 Å². The molecule has 2 N–H and O–H groups in total. The zero-order chi connectivity index (χ0) is 24.9. The number of carbonyl (C=O) groups is 2. The Balaban J connectivity index is 1.45. The normalized spacial score (nSPS) is 13.9. The number of nitro groups is 1. The second kappa shape index (κ2) is 10.6. The molecule has 2 amide bonds. The van der Waals surface area contributed by atoms with Crippen LogP contribution >= 0.6 is 11.3 Å². The Hall–Kier alpha value is -3.83. The minimum atomic E-state index is -0.454. The SMILES string of the molecule is CC(=O)NCc1ccc(-c2csc(NC(=O)c3ccc(N4CCN(C)CC4)c([N+](=O)[O-])c3)n2)cc1. The first-order chi connectivity index (χ1) is 16.8. The molecule has 2 heterocycles. The Morgan fingerprint density at radius 1 is 1.11 bits per heavy atom. The molecule has 11 heteroatoms. The second-order valence-corrected chi connectivity index (χ2v) is 9.21. The lowest BCUT2D eigenvalue weighted by Gasteiger charge is -2.33. The summed E-state index contributed by atoms with van der Waals surface area (Å²) in [6, 6.07) is 12.2. The van der Waals surface area contributed by atoms with Crippen molar-refractivity contribution in [3.63, 3.8) is 0 Å². The van der Waals surface area contributed by atoms with Crippen molar-refractivity contribution in [2.24, 2.45) is 0 Å². The van der Waals surface area contributed by atoms with Crippen LogP contribution in [0.5, 0.6) is 0 Å². The van der Waals surface area contributed by atoms with Crippen LogP contribution in [0.2, 0.25) is 0 Å². The highest BCUT2D eigenvalue weighted by Crippen LogP contribution is 2.31. The van der Waals surface area contributed by atoms with E-state index in [2.05, 4.69) is 20.5 Å². The molecule has 3 aromatic rings. The summed E-state index contributed by atoms with van der Waals surface area (Å²) in [7, 11) is 2.02. The van der Waals surface area contributed by atoms with Gasteiger partial charge in [-0.15, -0.1) is 11.3 Å². The molecule has 10 nitrogen and oxygen atoms in total. The smallest absolute Gasteiger partial charge is 0.293 e. The molecule has 182 valence electrons. The molecule has 1 saturated heterocycles. The van der Waals surface area contributed by atoms with E-state index in [-0.39, 0.29) is 17.2 Å². The van der Waals surface area contributed by atoms with Crippen LogP contribution in [-0.2, 0) is 11.3 Å². The number of nitrogens with one attached hydrogen (secondary N) is 2. The average Bonchev–Trinajstić information content (AvgIpc) is 3.31. The minimum Gasteiger partial charge on any atom is -0.363 e. The van der Waals surface area contributed by atoms with E-state index in [0.29, 0.717) is 36.1 Å². The molecule has 0 unspecified atom stereocenters. The first-order valence-corrected chi connectivity index (χ1v) is 12.0. The molecule has 1 aromatic heterocycles. The topological polar surface area (TPSA) is 121 Å². The summed E-state index contributed by atoms with van der Waals surface area (Å²) in [4.78, 5) is 43.8. The lowest BCUT2D eigenvalue weighted by atomic mass is 10.1. The number of thiazole rings is 1. The van der Waals surface area contributed by atoms with E-state index < -0.39 is 10.8 Å². The van der Waals surface area contributed by atoms with E-state index in [1.54, 1.807) is 12.1 Å². The van der Waals surface area contributed by atoms with E-state index in [1.807, 2.05) is 41.6 Å². The third-order valence-corrected chi connectivity index (χ3v) is 6.55. The molecular formula is C24H26N6O4S. The molecule has 0 bridgehead atoms. The summed E-state index contributed by atoms with van der Waals surface area (Å²) in [5, 5.41) is 19.4. The van der Waals surface area contributed by atoms with E-state index in [1.165, 1.54) is 24.3 Å². The fraction of sp³-hybridized carbons (Fsp3) is 0.292. The Labute approximate surface area is 206 Å². The lowest BCUT2D eigenvalue weighted by Crippen LogP contribution is -2.44. The van der Waals surface area contributed by atoms with E-state index in [4.69, 9.17) is 0 Å². The fourth-order valence-electron chi connectivity index (χ4n) is 3.78. The van der Waals surface area contributed by atoms with Crippen LogP contribution in [0.1, 0.15) is 22.8 Å². The molecule has 0 radical (unpaired) electrons. The molecule has 0 aliphatic carbocycles. The number of likely N-dealkylation sites (N-methyl/N-ethyl adjacent to an activating group) is 1. The third kappa shape index (κ3) is 6.00. The summed E-state index contributed by atoms with van der Waals surface area (Å²) >= 11 is 1.28. The van der Waals surface area contributed by atoms with Gasteiger partial charge in [0.25, 0.3) is 11.6 Å². The van der Waals surface area contributed by atoms with Crippen LogP contribution in [0, 0.1) is 10.1 Å². The summed E-state index contributed by atoms with van der Waals surface area (Å²) in [6.45, 7) is 4.96. The number of piperazine rings is 1. The summed E-state index contributed by atoms with van der Waals surface area (Å²) in [5.74, 6) is -0.544. The summed E-state index contributed by atoms with van der Waals surface area (Å²) in [5.41, 5.74) is 3.19. The van der Waals surface area contributed by atoms with Crippen molar-refractivity contribution in [1.82, 2.24) is 15.2 Å². The van der Waals surface area contributed by atoms with Crippen LogP contribution in [0.3, 0.4) is 0 Å². The fourth-order valence-corrected chi connectivity index (χ4v) is 4.49. The van der Waals surface area contributed by atoms with Gasteiger partial charge >= 0.3 is 0 Å². The standard InChI is InChI=1S/C24H26N6O4S/c1-16(31)25-14-17-3-5-18(6-4-17)20-15-35-24(26-20)27-23(32)19-7-8-21(22(13-19)30(33)34)29-11-9-28(2)10-12-29/h3-8,13,15H,9-12,14H2,1-2H3,(H,25,31)(H,26,27,32). The Kier molecular flexibility index (Phi) is 7.37. The van der Waals surface area contributed by atoms with Crippen LogP contribution in [0.15, 0.2) is 47.8 Å². The number of hydrogen-bond donors (Lipinski definition) is 2. The summed E-state index contributed by atoms with van der Waals surface area (Å²) in [6.07, 6.45) is 0. The molecule has 35 heavy (non-hydrogen) atoms. The lowest BCUT2D eigenvalue weighted by molar-refractivity contribution is -0.384. The minimum absolute atomic E-state index is 0.0821. The van der Waals surface area contributed by atoms with Gasteiger partial charge in [-0.2, -0.15) is 0 Å². The molecule has 0 saturated carbocycles. The van der Waals surface area contributed by atoms with Crippen LogP contribution in [-0.4, -0.2) is 59.8 Å². The maximum Gasteiger partial charge on any atom is 0.293 e. The predicted molar refractivity (Wildman–Crippen MR) is 136 cm³/mol. The molecule has 1 aliphatic rings. The Bertz CT molecular complexity index is 1240. The largest absolute Gasteiger partial charge is 0.363 e. The molecule has 4 rings (SSSR count). The van der Waals surface area contributed by atoms with Crippen molar-refractivity contribution in [3.05, 3.63) is 69.1 Å². The third-order valence-electron chi connectivity index (χ3n) is 5.79. The van der Waals surface area contributed by atoms with E-state index >= 15 is 0 Å². The van der Waals surface area contributed by atoms with Crippen molar-refractivity contribution in [1.29, 1.82) is 0 Å². The highest BCUT2D eigenvalue weighted by Gasteiger charge is 2.24. The van der Waals surface area contributed by atoms with Gasteiger partial charge in [-0.1, -0.05) is 24.3 Å². The second-order valence-electron chi connectivity index (χ2n) is 8.35. The van der Waals surface area contributed by atoms with Crippen LogP contribution in [0.4, 0.5) is 16.5 Å². The zero-order valence-corrected chi connectivity index (χ0v) is 20.3. The maximum atomic E-state index is 12.8. The van der Waals surface area contributed by atoms with Gasteiger partial charge in [0, 0.05) is 62.2 Å². The van der Waals surface area contributed by atoms with Gasteiger partial charge in [0.2, 0.25) is 5.91 Å². The number of anilines is 2. The number of amides is 2. The molecule has 2 aromatic carbocycles. The van der Waals surface area contributed by atoms with E-state index in [0.717, 1.165) is 24.2 Å². The first kappa shape index (κ1) is 24.3. The van der Waals surface area contributed by atoms with Crippen LogP contribution < -0.4 is 15.5 Å². The highest BCUT2D eigenvalue weighted by atomic mass is 32.1. The van der Waals surface area contributed by atoms with Crippen molar-refractivity contribution in [2.75, 3.05) is 43.4 Å². The molecule has 1 fully saturated rings. The van der Waals surface area contributed by atoms with Crippen molar-refractivity contribution < 1.29 is 14.5 Å². The molecule has 0 atom stereocenters. The number of hydrogen-bond acceptors (Lipinski definition) is 8. The number of aromatic nitrogens is 1. The average molecular weight is 495 g/mol. The molecular weight excluding hydrogens is 468 g/mol. The zero-order valence-electron chi connectivity index (χ0n) is 19.5. The number of nitro benzene ring substituents is 1. The number of carbonyl (C=O) groups excluding carboxylic acids is 2. The van der Waals surface area contributed by atoms with Crippen molar-refractivity contribution >= 4 is 39.7 Å². The van der Waals surface area contributed by atoms with Gasteiger partial charge in [-0.05, 0) is 24.7 Å². The number of nitrogens with zero attached hydrogens (tertiary/aromatic N) is 4. The van der Waals surface area contributed by atoms with Crippen molar-refractivity contribution in [2.45, 2.75) is 13.5 Å². The number of benzene rings is 2. The Morgan fingerprint density at radius 2 is 1.83 bits per heavy atom. The van der Waals surface area contributed by atoms with Crippen molar-refractivity contribution in [3.8, 4) is 11.3 Å². The van der Waals surface area contributed by atoms with Gasteiger partial charge in [0.15, 0.2) is 5.13 Å². The Morgan fingerprint density at radius 3 is 2.49 bits per heavy atom. The predicted octanol–water partition coefficient (Wildman–Crippen LogP) is 3.36. The summed E-state index contributed by atoms with van der Waals surface area (Å²) < 4.78 is 0. The number of rotatable bonds is 7. The highest BCUT2D eigenvalue weighted by molar-refractivity contribution is 7.14. The quantitative estimate of drug-likeness (QED) is 0.382.